The normalized spacial score (nSPS) is 25.6. The van der Waals surface area contributed by atoms with Crippen LogP contribution >= 0.6 is 0 Å². The zero-order valence-corrected chi connectivity index (χ0v) is 22.1. The predicted octanol–water partition coefficient (Wildman–Crippen LogP) is 4.75. The molecule has 6 rings (SSSR count). The molecule has 3 aromatic rings. The molecule has 2 aromatic heterocycles. The van der Waals surface area contributed by atoms with Crippen molar-refractivity contribution in [2.45, 2.75) is 70.1 Å². The van der Waals surface area contributed by atoms with Crippen LogP contribution in [0.1, 0.15) is 61.6 Å². The second-order valence-electron chi connectivity index (χ2n) is 11.5. The third-order valence-electron chi connectivity index (χ3n) is 9.01. The van der Waals surface area contributed by atoms with E-state index in [2.05, 4.69) is 69.8 Å². The third kappa shape index (κ3) is 4.96. The number of benzene rings is 1. The molecule has 3 atom stereocenters. The van der Waals surface area contributed by atoms with Crippen LogP contribution in [0, 0.1) is 5.92 Å². The second-order valence-corrected chi connectivity index (χ2v) is 11.5. The van der Waals surface area contributed by atoms with E-state index in [-0.39, 0.29) is 0 Å². The predicted molar refractivity (Wildman–Crippen MR) is 146 cm³/mol. The van der Waals surface area contributed by atoms with Gasteiger partial charge in [-0.25, -0.2) is 4.98 Å². The Labute approximate surface area is 216 Å². The summed E-state index contributed by atoms with van der Waals surface area (Å²) >= 11 is 0. The van der Waals surface area contributed by atoms with Crippen molar-refractivity contribution in [3.8, 4) is 0 Å². The van der Waals surface area contributed by atoms with E-state index in [1.165, 1.54) is 87.3 Å². The number of nitrogens with zero attached hydrogens (tertiary/aromatic N) is 6. The van der Waals surface area contributed by atoms with Gasteiger partial charge in [-0.3, -0.25) is 9.88 Å². The van der Waals surface area contributed by atoms with Crippen molar-refractivity contribution < 1.29 is 0 Å². The van der Waals surface area contributed by atoms with Crippen molar-refractivity contribution in [2.75, 3.05) is 40.3 Å². The molecule has 3 aliphatic rings. The quantitative estimate of drug-likeness (QED) is 0.482. The molecule has 6 nitrogen and oxygen atoms in total. The van der Waals surface area contributed by atoms with Gasteiger partial charge in [0.1, 0.15) is 5.82 Å². The van der Waals surface area contributed by atoms with Gasteiger partial charge >= 0.3 is 0 Å². The molecule has 0 radical (unpaired) electrons. The van der Waals surface area contributed by atoms with Gasteiger partial charge in [0.2, 0.25) is 0 Å². The molecular formula is C30H42N6. The molecule has 0 amide bonds. The third-order valence-corrected chi connectivity index (χ3v) is 9.01. The number of fused-ring (bicyclic) bond motifs is 2. The van der Waals surface area contributed by atoms with Gasteiger partial charge in [-0.2, -0.15) is 0 Å². The van der Waals surface area contributed by atoms with Gasteiger partial charge in [-0.1, -0.05) is 18.2 Å². The van der Waals surface area contributed by atoms with Crippen molar-refractivity contribution in [1.29, 1.82) is 0 Å². The number of para-hydroxylation sites is 2. The molecule has 0 saturated carbocycles. The van der Waals surface area contributed by atoms with Crippen LogP contribution in [0.5, 0.6) is 0 Å². The van der Waals surface area contributed by atoms with Crippen molar-refractivity contribution in [3.05, 3.63) is 59.7 Å². The Balaban J connectivity index is 1.20. The molecule has 192 valence electrons. The minimum absolute atomic E-state index is 0.372. The molecule has 0 bridgehead atoms. The zero-order chi connectivity index (χ0) is 24.5. The summed E-state index contributed by atoms with van der Waals surface area (Å²) in [6.45, 7) is 6.91. The standard InChI is InChI=1S/C30H42N6/c1-33-17-8-12-25(33)21-35-18-7-9-23(19-35)20-36-27-14-4-3-13-26(27)32-29(36)22-34(2)28-15-5-10-24-11-6-16-31-30(24)28/h3-4,6,11,13-14,16,23,25,28H,5,7-10,12,15,17-22H2,1-2H3/t23-,25+,28-/m0/s1. The van der Waals surface area contributed by atoms with Gasteiger partial charge in [0.25, 0.3) is 0 Å². The minimum atomic E-state index is 0.372. The molecule has 2 aliphatic heterocycles. The maximum Gasteiger partial charge on any atom is 0.124 e. The number of hydrogen-bond acceptors (Lipinski definition) is 5. The first-order chi connectivity index (χ1) is 17.7. The first-order valence-corrected chi connectivity index (χ1v) is 14.2. The van der Waals surface area contributed by atoms with E-state index in [0.29, 0.717) is 12.0 Å². The van der Waals surface area contributed by atoms with E-state index < -0.39 is 0 Å². The van der Waals surface area contributed by atoms with Crippen molar-refractivity contribution >= 4 is 11.0 Å². The molecule has 1 aliphatic carbocycles. The number of pyridine rings is 1. The van der Waals surface area contributed by atoms with Gasteiger partial charge < -0.3 is 14.4 Å². The Morgan fingerprint density at radius 3 is 2.75 bits per heavy atom. The summed E-state index contributed by atoms with van der Waals surface area (Å²) in [4.78, 5) is 17.8. The summed E-state index contributed by atoms with van der Waals surface area (Å²) in [5.74, 6) is 1.89. The topological polar surface area (TPSA) is 40.4 Å². The SMILES string of the molecule is CN1CCC[C@@H]1CN1CCC[C@H](Cn2c(CN(C)[C@H]3CCCc4cccnc43)nc3ccccc32)C1. The number of aryl methyl sites for hydroxylation is 1. The lowest BCUT2D eigenvalue weighted by Gasteiger charge is -2.36. The summed E-state index contributed by atoms with van der Waals surface area (Å²) in [6.07, 6.45) is 10.9. The van der Waals surface area contributed by atoms with Crippen LogP contribution in [-0.2, 0) is 19.5 Å². The average molecular weight is 487 g/mol. The van der Waals surface area contributed by atoms with Crippen molar-refractivity contribution in [1.82, 2.24) is 29.2 Å². The monoisotopic (exact) mass is 486 g/mol. The van der Waals surface area contributed by atoms with E-state index in [1.807, 2.05) is 6.20 Å². The first kappa shape index (κ1) is 24.1. The Bertz CT molecular complexity index is 1170. The Hall–Kier alpha value is -2.28. The zero-order valence-electron chi connectivity index (χ0n) is 22.1. The van der Waals surface area contributed by atoms with Crippen LogP contribution in [0.3, 0.4) is 0 Å². The molecular weight excluding hydrogens is 444 g/mol. The van der Waals surface area contributed by atoms with Crippen LogP contribution in [0.25, 0.3) is 11.0 Å². The van der Waals surface area contributed by atoms with E-state index in [9.17, 15) is 0 Å². The van der Waals surface area contributed by atoms with E-state index >= 15 is 0 Å². The van der Waals surface area contributed by atoms with E-state index in [0.717, 1.165) is 31.1 Å². The Kier molecular flexibility index (Phi) is 7.09. The maximum atomic E-state index is 5.16. The van der Waals surface area contributed by atoms with Gasteiger partial charge in [0.15, 0.2) is 0 Å². The van der Waals surface area contributed by atoms with Gasteiger partial charge in [-0.05, 0) is 102 Å². The first-order valence-electron chi connectivity index (χ1n) is 14.2. The molecule has 0 unspecified atom stereocenters. The summed E-state index contributed by atoms with van der Waals surface area (Å²) < 4.78 is 2.55. The lowest BCUT2D eigenvalue weighted by atomic mass is 9.91. The molecule has 2 fully saturated rings. The van der Waals surface area contributed by atoms with Crippen LogP contribution in [0.15, 0.2) is 42.6 Å². The number of imidazole rings is 1. The smallest absolute Gasteiger partial charge is 0.124 e. The largest absolute Gasteiger partial charge is 0.327 e. The number of hydrogen-bond donors (Lipinski definition) is 0. The Morgan fingerprint density at radius 1 is 0.972 bits per heavy atom. The molecule has 4 heterocycles. The fourth-order valence-electron chi connectivity index (χ4n) is 7.03. The lowest BCUT2D eigenvalue weighted by molar-refractivity contribution is 0.127. The number of aromatic nitrogens is 3. The molecule has 1 aromatic carbocycles. The van der Waals surface area contributed by atoms with Crippen LogP contribution < -0.4 is 0 Å². The molecule has 36 heavy (non-hydrogen) atoms. The number of likely N-dealkylation sites (N-methyl/N-ethyl adjacent to an activating group) is 1. The summed E-state index contributed by atoms with van der Waals surface area (Å²) in [5.41, 5.74) is 5.11. The maximum absolute atomic E-state index is 5.16. The molecule has 6 heteroatoms. The summed E-state index contributed by atoms with van der Waals surface area (Å²) in [7, 11) is 4.57. The highest BCUT2D eigenvalue weighted by Gasteiger charge is 2.29. The van der Waals surface area contributed by atoms with Crippen molar-refractivity contribution in [2.24, 2.45) is 5.92 Å². The average Bonchev–Trinajstić information content (AvgIpc) is 3.46. The molecule has 0 N–H and O–H groups in total. The number of piperidine rings is 1. The fraction of sp³-hybridized carbons (Fsp3) is 0.600. The van der Waals surface area contributed by atoms with Crippen LogP contribution in [0.2, 0.25) is 0 Å². The number of rotatable bonds is 7. The minimum Gasteiger partial charge on any atom is -0.327 e. The van der Waals surface area contributed by atoms with Crippen LogP contribution in [0.4, 0.5) is 0 Å². The lowest BCUT2D eigenvalue weighted by Crippen LogP contribution is -2.44. The van der Waals surface area contributed by atoms with Gasteiger partial charge in [0, 0.05) is 31.9 Å². The molecule has 2 saturated heterocycles. The van der Waals surface area contributed by atoms with E-state index in [1.54, 1.807) is 0 Å². The van der Waals surface area contributed by atoms with Crippen molar-refractivity contribution in [3.63, 3.8) is 0 Å². The summed E-state index contributed by atoms with van der Waals surface area (Å²) in [6, 6.07) is 14.2. The van der Waals surface area contributed by atoms with E-state index in [4.69, 9.17) is 9.97 Å². The fourth-order valence-corrected chi connectivity index (χ4v) is 7.03. The summed E-state index contributed by atoms with van der Waals surface area (Å²) in [5, 5.41) is 0. The highest BCUT2D eigenvalue weighted by Crippen LogP contribution is 2.33. The highest BCUT2D eigenvalue weighted by molar-refractivity contribution is 5.75. The van der Waals surface area contributed by atoms with Crippen LogP contribution in [-0.4, -0.2) is 75.6 Å². The van der Waals surface area contributed by atoms with Gasteiger partial charge in [-0.15, -0.1) is 0 Å². The number of likely N-dealkylation sites (tertiary alicyclic amines) is 2. The second kappa shape index (κ2) is 10.6. The molecule has 0 spiro atoms. The highest BCUT2D eigenvalue weighted by atomic mass is 15.2. The van der Waals surface area contributed by atoms with Gasteiger partial charge in [0.05, 0.1) is 29.3 Å². The Morgan fingerprint density at radius 2 is 1.86 bits per heavy atom.